The van der Waals surface area contributed by atoms with Gasteiger partial charge in [0.2, 0.25) is 0 Å². The van der Waals surface area contributed by atoms with E-state index in [1.165, 1.54) is 16.3 Å². The minimum Gasteiger partial charge on any atom is -0.398 e. The lowest BCUT2D eigenvalue weighted by Gasteiger charge is -2.07. The zero-order valence-electron chi connectivity index (χ0n) is 12.6. The van der Waals surface area contributed by atoms with E-state index in [9.17, 15) is 0 Å². The van der Waals surface area contributed by atoms with E-state index in [0.29, 0.717) is 5.70 Å². The molecule has 0 amide bonds. The molecule has 108 valence electrons. The van der Waals surface area contributed by atoms with Gasteiger partial charge >= 0.3 is 0 Å². The molecule has 2 nitrogen and oxygen atoms in total. The maximum atomic E-state index is 7.59. The monoisotopic (exact) mass is 296 g/mol. The molecule has 3 heteroatoms. The zero-order chi connectivity index (χ0) is 15.4. The van der Waals surface area contributed by atoms with E-state index in [4.69, 9.17) is 11.1 Å². The molecule has 3 N–H and O–H groups in total. The summed E-state index contributed by atoms with van der Waals surface area (Å²) in [6.07, 6.45) is 5.27. The Balaban J connectivity index is 2.50. The third-order valence-corrected chi connectivity index (χ3v) is 4.74. The highest BCUT2D eigenvalue weighted by atomic mass is 32.1. The van der Waals surface area contributed by atoms with E-state index in [1.54, 1.807) is 11.3 Å². The summed E-state index contributed by atoms with van der Waals surface area (Å²) in [7, 11) is 0. The van der Waals surface area contributed by atoms with Crippen LogP contribution in [0.2, 0.25) is 0 Å². The van der Waals surface area contributed by atoms with Crippen LogP contribution in [-0.2, 0) is 0 Å². The Morgan fingerprint density at radius 3 is 2.57 bits per heavy atom. The average Bonchev–Trinajstić information content (AvgIpc) is 2.94. The van der Waals surface area contributed by atoms with Gasteiger partial charge in [0.05, 0.1) is 0 Å². The fourth-order valence-electron chi connectivity index (χ4n) is 2.04. The molecule has 0 radical (unpaired) electrons. The lowest BCUT2D eigenvalue weighted by Crippen LogP contribution is -2.05. The topological polar surface area (TPSA) is 49.9 Å². The summed E-state index contributed by atoms with van der Waals surface area (Å²) in [6.45, 7) is 6.00. The van der Waals surface area contributed by atoms with E-state index in [0.717, 1.165) is 21.6 Å². The Labute approximate surface area is 129 Å². The predicted octanol–water partition coefficient (Wildman–Crippen LogP) is 5.13. The van der Waals surface area contributed by atoms with Crippen LogP contribution in [0.5, 0.6) is 0 Å². The summed E-state index contributed by atoms with van der Waals surface area (Å²) in [6, 6.07) is 10.5. The van der Waals surface area contributed by atoms with Gasteiger partial charge in [0.1, 0.15) is 0 Å². The zero-order valence-corrected chi connectivity index (χ0v) is 13.4. The van der Waals surface area contributed by atoms with Gasteiger partial charge in [0.15, 0.2) is 0 Å². The molecule has 0 saturated heterocycles. The van der Waals surface area contributed by atoms with E-state index in [1.807, 2.05) is 45.1 Å². The van der Waals surface area contributed by atoms with Crippen molar-refractivity contribution >= 4 is 33.2 Å². The molecule has 0 fully saturated rings. The van der Waals surface area contributed by atoms with Crippen LogP contribution < -0.4 is 5.73 Å². The Morgan fingerprint density at radius 1 is 1.24 bits per heavy atom. The van der Waals surface area contributed by atoms with Crippen molar-refractivity contribution in [1.29, 1.82) is 5.41 Å². The van der Waals surface area contributed by atoms with E-state index in [-0.39, 0.29) is 0 Å². The van der Waals surface area contributed by atoms with Crippen LogP contribution >= 0.6 is 11.3 Å². The molecule has 0 saturated carbocycles. The summed E-state index contributed by atoms with van der Waals surface area (Å²) in [5, 5.41) is 8.82. The SMILES string of the molecule is C\C=C(C)/C=C(C=N)\C(N)=C(/C)c1cc2ccccc2s1. The lowest BCUT2D eigenvalue weighted by atomic mass is 10.0. The summed E-state index contributed by atoms with van der Waals surface area (Å²) in [5.41, 5.74) is 9.80. The molecule has 21 heavy (non-hydrogen) atoms. The van der Waals surface area contributed by atoms with Gasteiger partial charge in [0.25, 0.3) is 0 Å². The normalized spacial score (nSPS) is 14.2. The van der Waals surface area contributed by atoms with Gasteiger partial charge in [-0.05, 0) is 49.9 Å². The number of rotatable bonds is 4. The predicted molar refractivity (Wildman–Crippen MR) is 94.9 cm³/mol. The van der Waals surface area contributed by atoms with Crippen LogP contribution in [0.3, 0.4) is 0 Å². The fourth-order valence-corrected chi connectivity index (χ4v) is 3.12. The molecule has 0 aliphatic carbocycles. The van der Waals surface area contributed by atoms with Crippen LogP contribution in [0, 0.1) is 5.41 Å². The first-order valence-electron chi connectivity index (χ1n) is 6.87. The van der Waals surface area contributed by atoms with E-state index in [2.05, 4.69) is 18.2 Å². The van der Waals surface area contributed by atoms with Gasteiger partial charge < -0.3 is 11.1 Å². The van der Waals surface area contributed by atoms with Crippen LogP contribution in [0.25, 0.3) is 15.7 Å². The Kier molecular flexibility index (Phi) is 4.76. The first-order chi connectivity index (χ1) is 10.1. The molecular formula is C18H20N2S. The minimum atomic E-state index is 0.665. The number of benzene rings is 1. The second kappa shape index (κ2) is 6.55. The smallest absolute Gasteiger partial charge is 0.0447 e. The molecule has 1 aromatic carbocycles. The summed E-state index contributed by atoms with van der Waals surface area (Å²) in [4.78, 5) is 1.15. The van der Waals surface area contributed by atoms with Crippen molar-refractivity contribution in [3.63, 3.8) is 0 Å². The standard InChI is InChI=1S/C18H20N2S/c1-4-12(2)9-15(11-19)18(20)13(3)17-10-14-7-5-6-8-16(14)21-17/h4-11,19H,20H2,1-3H3/b12-4-,15-9-,18-13-,19-11?. The Morgan fingerprint density at radius 2 is 1.95 bits per heavy atom. The van der Waals surface area contributed by atoms with Crippen molar-refractivity contribution in [2.24, 2.45) is 5.73 Å². The van der Waals surface area contributed by atoms with Crippen LogP contribution in [0.4, 0.5) is 0 Å². The van der Waals surface area contributed by atoms with Crippen LogP contribution in [0.15, 0.2) is 59.3 Å². The van der Waals surface area contributed by atoms with Gasteiger partial charge in [-0.15, -0.1) is 11.3 Å². The van der Waals surface area contributed by atoms with Gasteiger partial charge in [-0.3, -0.25) is 0 Å². The van der Waals surface area contributed by atoms with Gasteiger partial charge in [0, 0.05) is 27.1 Å². The van der Waals surface area contributed by atoms with Crippen molar-refractivity contribution in [2.75, 3.05) is 0 Å². The van der Waals surface area contributed by atoms with Crippen molar-refractivity contribution in [2.45, 2.75) is 20.8 Å². The molecule has 0 bridgehead atoms. The highest BCUT2D eigenvalue weighted by Crippen LogP contribution is 2.32. The lowest BCUT2D eigenvalue weighted by molar-refractivity contribution is 1.34. The number of hydrogen-bond acceptors (Lipinski definition) is 3. The molecule has 0 aliphatic heterocycles. The third kappa shape index (κ3) is 3.31. The van der Waals surface area contributed by atoms with Crippen LogP contribution in [0.1, 0.15) is 25.6 Å². The first kappa shape index (κ1) is 15.3. The van der Waals surface area contributed by atoms with E-state index >= 15 is 0 Å². The van der Waals surface area contributed by atoms with Crippen molar-refractivity contribution in [1.82, 2.24) is 0 Å². The molecule has 0 aliphatic rings. The molecule has 2 rings (SSSR count). The molecule has 1 aromatic heterocycles. The van der Waals surface area contributed by atoms with Crippen molar-refractivity contribution in [3.05, 3.63) is 64.2 Å². The number of allylic oxidation sites excluding steroid dienone is 5. The maximum Gasteiger partial charge on any atom is 0.0447 e. The largest absolute Gasteiger partial charge is 0.398 e. The number of thiophene rings is 1. The number of fused-ring (bicyclic) bond motifs is 1. The second-order valence-corrected chi connectivity index (χ2v) is 6.05. The van der Waals surface area contributed by atoms with Gasteiger partial charge in [-0.2, -0.15) is 0 Å². The Bertz CT molecular complexity index is 727. The summed E-state index contributed by atoms with van der Waals surface area (Å²) >= 11 is 1.73. The van der Waals surface area contributed by atoms with Crippen molar-refractivity contribution < 1.29 is 0 Å². The number of hydrogen-bond donors (Lipinski definition) is 2. The third-order valence-electron chi connectivity index (χ3n) is 3.50. The maximum absolute atomic E-state index is 7.59. The van der Waals surface area contributed by atoms with E-state index < -0.39 is 0 Å². The number of nitrogens with two attached hydrogens (primary N) is 1. The fraction of sp³-hybridized carbons (Fsp3) is 0.167. The van der Waals surface area contributed by atoms with Gasteiger partial charge in [-0.1, -0.05) is 29.8 Å². The minimum absolute atomic E-state index is 0.665. The highest BCUT2D eigenvalue weighted by molar-refractivity contribution is 7.20. The molecule has 1 heterocycles. The van der Waals surface area contributed by atoms with Gasteiger partial charge in [-0.25, -0.2) is 0 Å². The summed E-state index contributed by atoms with van der Waals surface area (Å²) in [5.74, 6) is 0. The average molecular weight is 296 g/mol. The molecular weight excluding hydrogens is 276 g/mol. The molecule has 0 atom stereocenters. The molecule has 0 unspecified atom stereocenters. The summed E-state index contributed by atoms with van der Waals surface area (Å²) < 4.78 is 1.25. The first-order valence-corrected chi connectivity index (χ1v) is 7.69. The van der Waals surface area contributed by atoms with Crippen molar-refractivity contribution in [3.8, 4) is 0 Å². The second-order valence-electron chi connectivity index (χ2n) is 4.96. The highest BCUT2D eigenvalue weighted by Gasteiger charge is 2.08. The number of nitrogens with one attached hydrogen (secondary N) is 1. The molecule has 0 spiro atoms. The quantitative estimate of drug-likeness (QED) is 0.596. The van der Waals surface area contributed by atoms with Crippen LogP contribution in [-0.4, -0.2) is 6.21 Å². The Hall–Kier alpha value is -2.13. The molecule has 2 aromatic rings.